The summed E-state index contributed by atoms with van der Waals surface area (Å²) in [7, 11) is 0. The second kappa shape index (κ2) is 7.03. The number of hydrogen-bond donors (Lipinski definition) is 1. The predicted molar refractivity (Wildman–Crippen MR) is 80.9 cm³/mol. The van der Waals surface area contributed by atoms with Crippen molar-refractivity contribution in [2.24, 2.45) is 0 Å². The first kappa shape index (κ1) is 14.5. The van der Waals surface area contributed by atoms with E-state index in [1.165, 1.54) is 5.56 Å². The average Bonchev–Trinajstić information content (AvgIpc) is 2.87. The van der Waals surface area contributed by atoms with Gasteiger partial charge in [-0.2, -0.15) is 5.10 Å². The van der Waals surface area contributed by atoms with Gasteiger partial charge in [-0.3, -0.25) is 0 Å². The minimum Gasteiger partial charge on any atom is -0.370 e. The lowest BCUT2D eigenvalue weighted by Crippen LogP contribution is -2.08. The third-order valence-electron chi connectivity index (χ3n) is 3.14. The van der Waals surface area contributed by atoms with Crippen LogP contribution in [0.2, 0.25) is 0 Å². The standard InChI is InChI=1S/C15H23N5/c1-4-8-16-14-10-12(7-9-17-14)11-20-15(6-3)18-13(5-2)19-20/h7,9-10H,4-6,8,11H2,1-3H3,(H,16,17). The molecule has 0 bridgehead atoms. The summed E-state index contributed by atoms with van der Waals surface area (Å²) >= 11 is 0. The van der Waals surface area contributed by atoms with Crippen LogP contribution in [0, 0.1) is 0 Å². The molecule has 5 heteroatoms. The molecule has 2 aromatic heterocycles. The molecule has 0 aliphatic carbocycles. The van der Waals surface area contributed by atoms with Crippen molar-refractivity contribution in [3.8, 4) is 0 Å². The average molecular weight is 273 g/mol. The highest BCUT2D eigenvalue weighted by Crippen LogP contribution is 2.10. The first-order chi connectivity index (χ1) is 9.76. The van der Waals surface area contributed by atoms with E-state index in [0.717, 1.165) is 49.8 Å². The summed E-state index contributed by atoms with van der Waals surface area (Å²) in [6.45, 7) is 8.03. The van der Waals surface area contributed by atoms with E-state index in [0.29, 0.717) is 0 Å². The van der Waals surface area contributed by atoms with Crippen molar-refractivity contribution < 1.29 is 0 Å². The smallest absolute Gasteiger partial charge is 0.150 e. The van der Waals surface area contributed by atoms with Gasteiger partial charge >= 0.3 is 0 Å². The Morgan fingerprint density at radius 2 is 2.05 bits per heavy atom. The van der Waals surface area contributed by atoms with Crippen LogP contribution in [0.5, 0.6) is 0 Å². The molecule has 0 radical (unpaired) electrons. The molecule has 2 aromatic rings. The molecule has 20 heavy (non-hydrogen) atoms. The molecule has 5 nitrogen and oxygen atoms in total. The molecular weight excluding hydrogens is 250 g/mol. The number of pyridine rings is 1. The second-order valence-electron chi connectivity index (χ2n) is 4.79. The maximum Gasteiger partial charge on any atom is 0.150 e. The molecule has 0 saturated carbocycles. The topological polar surface area (TPSA) is 55.6 Å². The minimum atomic E-state index is 0.750. The van der Waals surface area contributed by atoms with Crippen molar-refractivity contribution in [2.75, 3.05) is 11.9 Å². The molecule has 0 unspecified atom stereocenters. The van der Waals surface area contributed by atoms with Crippen molar-refractivity contribution in [1.82, 2.24) is 19.7 Å². The number of rotatable bonds is 7. The highest BCUT2D eigenvalue weighted by molar-refractivity contribution is 5.37. The Labute approximate surface area is 120 Å². The molecule has 1 N–H and O–H groups in total. The van der Waals surface area contributed by atoms with Crippen LogP contribution in [-0.2, 0) is 19.4 Å². The molecule has 0 spiro atoms. The summed E-state index contributed by atoms with van der Waals surface area (Å²) in [6, 6.07) is 4.12. The summed E-state index contributed by atoms with van der Waals surface area (Å²) in [6.07, 6.45) is 4.71. The summed E-state index contributed by atoms with van der Waals surface area (Å²) in [5.41, 5.74) is 1.20. The third kappa shape index (κ3) is 3.56. The highest BCUT2D eigenvalue weighted by atomic mass is 15.3. The number of nitrogens with one attached hydrogen (secondary N) is 1. The zero-order valence-electron chi connectivity index (χ0n) is 12.6. The minimum absolute atomic E-state index is 0.750. The maximum absolute atomic E-state index is 4.55. The largest absolute Gasteiger partial charge is 0.370 e. The van der Waals surface area contributed by atoms with E-state index in [2.05, 4.69) is 47.2 Å². The maximum atomic E-state index is 4.55. The molecule has 0 aromatic carbocycles. The van der Waals surface area contributed by atoms with E-state index in [1.807, 2.05) is 16.9 Å². The van der Waals surface area contributed by atoms with Crippen LogP contribution in [0.3, 0.4) is 0 Å². The van der Waals surface area contributed by atoms with Gasteiger partial charge in [0.15, 0.2) is 5.82 Å². The highest BCUT2D eigenvalue weighted by Gasteiger charge is 2.08. The molecule has 0 atom stereocenters. The van der Waals surface area contributed by atoms with Gasteiger partial charge in [0, 0.05) is 25.6 Å². The Bertz CT molecular complexity index is 547. The predicted octanol–water partition coefficient (Wildman–Crippen LogP) is 2.67. The zero-order valence-corrected chi connectivity index (χ0v) is 12.6. The number of anilines is 1. The van der Waals surface area contributed by atoms with Crippen molar-refractivity contribution in [3.05, 3.63) is 35.5 Å². The summed E-state index contributed by atoms with van der Waals surface area (Å²) < 4.78 is 2.00. The van der Waals surface area contributed by atoms with Gasteiger partial charge in [0.2, 0.25) is 0 Å². The van der Waals surface area contributed by atoms with Crippen LogP contribution >= 0.6 is 0 Å². The quantitative estimate of drug-likeness (QED) is 0.842. The van der Waals surface area contributed by atoms with E-state index in [4.69, 9.17) is 0 Å². The lowest BCUT2D eigenvalue weighted by molar-refractivity contribution is 0.637. The van der Waals surface area contributed by atoms with Crippen LogP contribution in [0.15, 0.2) is 18.3 Å². The number of nitrogens with zero attached hydrogens (tertiary/aromatic N) is 4. The molecule has 0 aliphatic heterocycles. The first-order valence-corrected chi connectivity index (χ1v) is 7.38. The van der Waals surface area contributed by atoms with Crippen LogP contribution in [0.25, 0.3) is 0 Å². The fraction of sp³-hybridized carbons (Fsp3) is 0.533. The van der Waals surface area contributed by atoms with Crippen molar-refractivity contribution >= 4 is 5.82 Å². The Hall–Kier alpha value is -1.91. The van der Waals surface area contributed by atoms with Crippen LogP contribution in [0.4, 0.5) is 5.82 Å². The first-order valence-electron chi connectivity index (χ1n) is 7.38. The van der Waals surface area contributed by atoms with Gasteiger partial charge in [-0.15, -0.1) is 0 Å². The number of hydrogen-bond acceptors (Lipinski definition) is 4. The van der Waals surface area contributed by atoms with E-state index in [-0.39, 0.29) is 0 Å². The van der Waals surface area contributed by atoms with E-state index in [9.17, 15) is 0 Å². The SMILES string of the molecule is CCCNc1cc(Cn2nc(CC)nc2CC)ccn1. The normalized spacial score (nSPS) is 10.8. The van der Waals surface area contributed by atoms with Gasteiger partial charge in [0.05, 0.1) is 6.54 Å². The van der Waals surface area contributed by atoms with Gasteiger partial charge in [-0.25, -0.2) is 14.6 Å². The van der Waals surface area contributed by atoms with Crippen molar-refractivity contribution in [3.63, 3.8) is 0 Å². The lowest BCUT2D eigenvalue weighted by Gasteiger charge is -2.07. The molecule has 0 amide bonds. The fourth-order valence-corrected chi connectivity index (χ4v) is 2.06. The summed E-state index contributed by atoms with van der Waals surface area (Å²) in [4.78, 5) is 8.86. The Morgan fingerprint density at radius 3 is 2.75 bits per heavy atom. The van der Waals surface area contributed by atoms with E-state index in [1.54, 1.807) is 0 Å². The Morgan fingerprint density at radius 1 is 1.20 bits per heavy atom. The lowest BCUT2D eigenvalue weighted by atomic mass is 10.2. The molecular formula is C15H23N5. The molecule has 0 aliphatic rings. The van der Waals surface area contributed by atoms with Crippen molar-refractivity contribution in [2.45, 2.75) is 46.6 Å². The Balaban J connectivity index is 2.14. The molecule has 0 fully saturated rings. The van der Waals surface area contributed by atoms with Gasteiger partial charge < -0.3 is 5.32 Å². The molecule has 108 valence electrons. The molecule has 2 heterocycles. The Kier molecular flexibility index (Phi) is 5.09. The summed E-state index contributed by atoms with van der Waals surface area (Å²) in [5.74, 6) is 2.89. The van der Waals surface area contributed by atoms with Gasteiger partial charge in [-0.05, 0) is 24.1 Å². The monoisotopic (exact) mass is 273 g/mol. The van der Waals surface area contributed by atoms with Gasteiger partial charge in [0.25, 0.3) is 0 Å². The van der Waals surface area contributed by atoms with E-state index >= 15 is 0 Å². The van der Waals surface area contributed by atoms with Crippen molar-refractivity contribution in [1.29, 1.82) is 0 Å². The van der Waals surface area contributed by atoms with Gasteiger partial charge in [0.1, 0.15) is 11.6 Å². The second-order valence-corrected chi connectivity index (χ2v) is 4.79. The summed E-state index contributed by atoms with van der Waals surface area (Å²) in [5, 5.41) is 7.86. The van der Waals surface area contributed by atoms with E-state index < -0.39 is 0 Å². The molecule has 0 saturated heterocycles. The number of aromatic nitrogens is 4. The van der Waals surface area contributed by atoms with Crippen LogP contribution in [-0.4, -0.2) is 26.3 Å². The fourth-order valence-electron chi connectivity index (χ4n) is 2.06. The molecule has 2 rings (SSSR count). The van der Waals surface area contributed by atoms with Gasteiger partial charge in [-0.1, -0.05) is 20.8 Å². The zero-order chi connectivity index (χ0) is 14.4. The van der Waals surface area contributed by atoms with Crippen LogP contribution < -0.4 is 5.32 Å². The van der Waals surface area contributed by atoms with Crippen LogP contribution in [0.1, 0.15) is 44.4 Å². The third-order valence-corrected chi connectivity index (χ3v) is 3.14. The number of aryl methyl sites for hydroxylation is 2.